The van der Waals surface area contributed by atoms with E-state index in [0.29, 0.717) is 19.0 Å². The number of thioether (sulfide) groups is 1. The molecular weight excluding hydrogens is 264 g/mol. The topological polar surface area (TPSA) is 69.6 Å². The standard InChI is InChI=1S/C13H24N2O3S/c1-4-15(13(2,3)11(16)17)12(18)14-9-10-5-7-19-8-6-10/h10H,4-9H2,1-3H3,(H,14,18)(H,16,17). The van der Waals surface area contributed by atoms with Crippen LogP contribution in [0.5, 0.6) is 0 Å². The van der Waals surface area contributed by atoms with E-state index in [1.165, 1.54) is 4.90 Å². The smallest absolute Gasteiger partial charge is 0.329 e. The van der Waals surface area contributed by atoms with Gasteiger partial charge in [0.25, 0.3) is 0 Å². The fraction of sp³-hybridized carbons (Fsp3) is 0.846. The van der Waals surface area contributed by atoms with Crippen LogP contribution in [-0.4, -0.2) is 52.1 Å². The fourth-order valence-electron chi connectivity index (χ4n) is 2.19. The molecule has 1 saturated heterocycles. The number of carbonyl (C=O) groups excluding carboxylic acids is 1. The van der Waals surface area contributed by atoms with Gasteiger partial charge in [0.15, 0.2) is 0 Å². The minimum atomic E-state index is -1.18. The summed E-state index contributed by atoms with van der Waals surface area (Å²) in [4.78, 5) is 24.7. The maximum Gasteiger partial charge on any atom is 0.329 e. The summed E-state index contributed by atoms with van der Waals surface area (Å²) >= 11 is 1.95. The van der Waals surface area contributed by atoms with Crippen molar-refractivity contribution in [1.82, 2.24) is 10.2 Å². The third-order valence-electron chi connectivity index (χ3n) is 3.64. The van der Waals surface area contributed by atoms with Gasteiger partial charge in [-0.25, -0.2) is 9.59 Å². The second-order valence-electron chi connectivity index (χ2n) is 5.35. The van der Waals surface area contributed by atoms with Crippen LogP contribution in [0, 0.1) is 5.92 Å². The summed E-state index contributed by atoms with van der Waals surface area (Å²) < 4.78 is 0. The first-order valence-corrected chi connectivity index (χ1v) is 7.91. The lowest BCUT2D eigenvalue weighted by atomic mass is 10.0. The summed E-state index contributed by atoms with van der Waals surface area (Å²) in [5.41, 5.74) is -1.18. The number of aliphatic carboxylic acids is 1. The molecule has 0 spiro atoms. The van der Waals surface area contributed by atoms with Gasteiger partial charge in [0.2, 0.25) is 0 Å². The highest BCUT2D eigenvalue weighted by Crippen LogP contribution is 2.22. The van der Waals surface area contributed by atoms with E-state index in [4.69, 9.17) is 0 Å². The van der Waals surface area contributed by atoms with Crippen LogP contribution in [-0.2, 0) is 4.79 Å². The molecule has 0 unspecified atom stereocenters. The van der Waals surface area contributed by atoms with Crippen LogP contribution in [0.25, 0.3) is 0 Å². The Balaban J connectivity index is 2.52. The van der Waals surface area contributed by atoms with E-state index in [-0.39, 0.29) is 6.03 Å². The number of amides is 2. The Kier molecular flexibility index (Phi) is 5.97. The van der Waals surface area contributed by atoms with Gasteiger partial charge in [-0.15, -0.1) is 0 Å². The molecule has 0 saturated carbocycles. The van der Waals surface area contributed by atoms with Crippen molar-refractivity contribution in [3.05, 3.63) is 0 Å². The summed E-state index contributed by atoms with van der Waals surface area (Å²) in [6.45, 7) is 5.92. The average molecular weight is 288 g/mol. The summed E-state index contributed by atoms with van der Waals surface area (Å²) in [5, 5.41) is 12.1. The van der Waals surface area contributed by atoms with Crippen molar-refractivity contribution in [1.29, 1.82) is 0 Å². The zero-order chi connectivity index (χ0) is 14.5. The van der Waals surface area contributed by atoms with Crippen molar-refractivity contribution in [3.63, 3.8) is 0 Å². The summed E-state index contributed by atoms with van der Waals surface area (Å²) in [6, 6.07) is -0.284. The number of likely N-dealkylation sites (N-methyl/N-ethyl adjacent to an activating group) is 1. The second-order valence-corrected chi connectivity index (χ2v) is 6.57. The Hall–Kier alpha value is -0.910. The van der Waals surface area contributed by atoms with Gasteiger partial charge in [0.1, 0.15) is 5.54 Å². The van der Waals surface area contributed by atoms with Crippen molar-refractivity contribution in [3.8, 4) is 0 Å². The van der Waals surface area contributed by atoms with Crippen molar-refractivity contribution in [2.24, 2.45) is 5.92 Å². The molecule has 6 heteroatoms. The molecule has 19 heavy (non-hydrogen) atoms. The van der Waals surface area contributed by atoms with E-state index >= 15 is 0 Å². The molecule has 5 nitrogen and oxygen atoms in total. The van der Waals surface area contributed by atoms with Gasteiger partial charge in [-0.2, -0.15) is 11.8 Å². The van der Waals surface area contributed by atoms with Crippen LogP contribution in [0.2, 0.25) is 0 Å². The first kappa shape index (κ1) is 16.1. The fourth-order valence-corrected chi connectivity index (χ4v) is 3.39. The number of carboxylic acids is 1. The van der Waals surface area contributed by atoms with E-state index in [1.54, 1.807) is 20.8 Å². The third kappa shape index (κ3) is 4.30. The number of nitrogens with one attached hydrogen (secondary N) is 1. The van der Waals surface area contributed by atoms with Gasteiger partial charge < -0.3 is 15.3 Å². The average Bonchev–Trinajstić information content (AvgIpc) is 2.38. The molecule has 0 aromatic carbocycles. The van der Waals surface area contributed by atoms with E-state index in [0.717, 1.165) is 24.3 Å². The third-order valence-corrected chi connectivity index (χ3v) is 4.69. The first-order valence-electron chi connectivity index (χ1n) is 6.76. The summed E-state index contributed by atoms with van der Waals surface area (Å²) in [5.74, 6) is 1.84. The Morgan fingerprint density at radius 2 is 1.95 bits per heavy atom. The summed E-state index contributed by atoms with van der Waals surface area (Å²) in [6.07, 6.45) is 2.25. The molecule has 1 rings (SSSR count). The van der Waals surface area contributed by atoms with Gasteiger partial charge in [0, 0.05) is 13.1 Å². The van der Waals surface area contributed by atoms with Crippen LogP contribution in [0.4, 0.5) is 4.79 Å². The molecule has 110 valence electrons. The van der Waals surface area contributed by atoms with Crippen LogP contribution in [0.15, 0.2) is 0 Å². The highest BCUT2D eigenvalue weighted by molar-refractivity contribution is 7.99. The molecule has 0 aromatic heterocycles. The van der Waals surface area contributed by atoms with Crippen molar-refractivity contribution in [2.45, 2.75) is 39.2 Å². The van der Waals surface area contributed by atoms with Crippen molar-refractivity contribution < 1.29 is 14.7 Å². The lowest BCUT2D eigenvalue weighted by Crippen LogP contribution is -2.56. The minimum Gasteiger partial charge on any atom is -0.480 e. The quantitative estimate of drug-likeness (QED) is 0.812. The Labute approximate surface area is 119 Å². The molecule has 0 aromatic rings. The van der Waals surface area contributed by atoms with E-state index in [9.17, 15) is 14.7 Å². The van der Waals surface area contributed by atoms with Crippen LogP contribution in [0.1, 0.15) is 33.6 Å². The molecule has 0 atom stereocenters. The molecule has 0 bridgehead atoms. The monoisotopic (exact) mass is 288 g/mol. The highest BCUT2D eigenvalue weighted by atomic mass is 32.2. The molecule has 1 heterocycles. The largest absolute Gasteiger partial charge is 0.480 e. The second kappa shape index (κ2) is 7.03. The van der Waals surface area contributed by atoms with E-state index < -0.39 is 11.5 Å². The number of urea groups is 1. The van der Waals surface area contributed by atoms with Crippen LogP contribution < -0.4 is 5.32 Å². The zero-order valence-electron chi connectivity index (χ0n) is 11.9. The molecule has 1 fully saturated rings. The molecule has 2 N–H and O–H groups in total. The van der Waals surface area contributed by atoms with Crippen LogP contribution >= 0.6 is 11.8 Å². The van der Waals surface area contributed by atoms with Gasteiger partial charge in [0.05, 0.1) is 0 Å². The Morgan fingerprint density at radius 3 is 2.42 bits per heavy atom. The number of carboxylic acid groups (broad SMARTS) is 1. The predicted octanol–water partition coefficient (Wildman–Crippen LogP) is 2.02. The first-order chi connectivity index (χ1) is 8.89. The van der Waals surface area contributed by atoms with Gasteiger partial charge in [-0.1, -0.05) is 0 Å². The number of hydrogen-bond acceptors (Lipinski definition) is 3. The maximum atomic E-state index is 12.1. The normalized spacial score (nSPS) is 17.0. The Bertz CT molecular complexity index is 328. The van der Waals surface area contributed by atoms with Gasteiger partial charge in [-0.05, 0) is 51.0 Å². The van der Waals surface area contributed by atoms with Gasteiger partial charge >= 0.3 is 12.0 Å². The number of hydrogen-bond donors (Lipinski definition) is 2. The minimum absolute atomic E-state index is 0.284. The SMILES string of the molecule is CCN(C(=O)NCC1CCSCC1)C(C)(C)C(=O)O. The number of carbonyl (C=O) groups is 2. The van der Waals surface area contributed by atoms with E-state index in [2.05, 4.69) is 5.32 Å². The number of rotatable bonds is 5. The predicted molar refractivity (Wildman–Crippen MR) is 77.5 cm³/mol. The molecule has 1 aliphatic heterocycles. The molecule has 1 aliphatic rings. The van der Waals surface area contributed by atoms with Crippen molar-refractivity contribution >= 4 is 23.8 Å². The number of nitrogens with zero attached hydrogens (tertiary/aromatic N) is 1. The molecule has 0 radical (unpaired) electrons. The van der Waals surface area contributed by atoms with E-state index in [1.807, 2.05) is 11.8 Å². The molecule has 0 aliphatic carbocycles. The maximum absolute atomic E-state index is 12.1. The van der Waals surface area contributed by atoms with Crippen molar-refractivity contribution in [2.75, 3.05) is 24.6 Å². The lowest BCUT2D eigenvalue weighted by Gasteiger charge is -2.34. The zero-order valence-corrected chi connectivity index (χ0v) is 12.8. The highest BCUT2D eigenvalue weighted by Gasteiger charge is 2.36. The van der Waals surface area contributed by atoms with Crippen LogP contribution in [0.3, 0.4) is 0 Å². The Morgan fingerprint density at radius 1 is 1.37 bits per heavy atom. The molecule has 2 amide bonds. The molecular formula is C13H24N2O3S. The lowest BCUT2D eigenvalue weighted by molar-refractivity contribution is -0.147. The summed E-state index contributed by atoms with van der Waals surface area (Å²) in [7, 11) is 0. The van der Waals surface area contributed by atoms with Gasteiger partial charge in [-0.3, -0.25) is 0 Å².